The molecule has 0 aliphatic heterocycles. The Morgan fingerprint density at radius 3 is 2.29 bits per heavy atom. The second-order valence-electron chi connectivity index (χ2n) is 2.43. The van der Waals surface area contributed by atoms with E-state index in [1.807, 2.05) is 0 Å². The van der Waals surface area contributed by atoms with Crippen molar-refractivity contribution in [2.75, 3.05) is 0 Å². The molecular weight excluding hydrogens is 230 g/mol. The zero-order valence-electron chi connectivity index (χ0n) is 6.80. The Balaban J connectivity index is 3.20. The van der Waals surface area contributed by atoms with Crippen LogP contribution in [-0.2, 0) is 4.79 Å². The summed E-state index contributed by atoms with van der Waals surface area (Å²) in [6.45, 7) is 0. The summed E-state index contributed by atoms with van der Waals surface area (Å²) in [5, 5.41) is 8.70. The highest BCUT2D eigenvalue weighted by Gasteiger charge is 2.09. The Morgan fingerprint density at radius 1 is 1.36 bits per heavy atom. The van der Waals surface area contributed by atoms with Crippen LogP contribution < -0.4 is 0 Å². The summed E-state index contributed by atoms with van der Waals surface area (Å²) in [6, 6.07) is 4.57. The standard InChI is InChI=1S/C9H5Cl2FO2/c10-6-2-1-3-7(11)5(6)4-8(12)9(13)14/h1-4H,(H,13,14). The molecule has 14 heavy (non-hydrogen) atoms. The molecule has 0 aliphatic rings. The van der Waals surface area contributed by atoms with Gasteiger partial charge in [-0.15, -0.1) is 0 Å². The maximum Gasteiger partial charge on any atom is 0.364 e. The summed E-state index contributed by atoms with van der Waals surface area (Å²) in [5.41, 5.74) is 0.163. The van der Waals surface area contributed by atoms with Crippen LogP contribution in [0.2, 0.25) is 10.0 Å². The molecule has 0 bridgehead atoms. The van der Waals surface area contributed by atoms with Crippen LogP contribution in [0.25, 0.3) is 6.08 Å². The van der Waals surface area contributed by atoms with Crippen LogP contribution in [0.3, 0.4) is 0 Å². The van der Waals surface area contributed by atoms with Gasteiger partial charge in [-0.3, -0.25) is 0 Å². The summed E-state index contributed by atoms with van der Waals surface area (Å²) in [4.78, 5) is 10.2. The minimum Gasteiger partial charge on any atom is -0.476 e. The molecule has 1 N–H and O–H groups in total. The van der Waals surface area contributed by atoms with Crippen LogP contribution in [0, 0.1) is 0 Å². The number of hydrogen-bond donors (Lipinski definition) is 1. The normalized spacial score (nSPS) is 11.5. The molecule has 0 amide bonds. The molecule has 0 fully saturated rings. The van der Waals surface area contributed by atoms with Gasteiger partial charge in [0.25, 0.3) is 0 Å². The number of halogens is 3. The van der Waals surface area contributed by atoms with Crippen LogP contribution in [0.15, 0.2) is 24.0 Å². The van der Waals surface area contributed by atoms with E-state index >= 15 is 0 Å². The second kappa shape index (κ2) is 4.44. The number of carboxylic acids is 1. The highest BCUT2D eigenvalue weighted by Crippen LogP contribution is 2.26. The molecule has 1 aromatic carbocycles. The van der Waals surface area contributed by atoms with Gasteiger partial charge in [-0.1, -0.05) is 29.3 Å². The van der Waals surface area contributed by atoms with E-state index in [9.17, 15) is 9.18 Å². The maximum atomic E-state index is 12.7. The van der Waals surface area contributed by atoms with Gasteiger partial charge in [0.15, 0.2) is 0 Å². The zero-order chi connectivity index (χ0) is 10.7. The van der Waals surface area contributed by atoms with E-state index in [2.05, 4.69) is 0 Å². The Hall–Kier alpha value is -1.06. The number of carbonyl (C=O) groups is 1. The molecule has 0 spiro atoms. The van der Waals surface area contributed by atoms with Crippen molar-refractivity contribution in [3.05, 3.63) is 39.6 Å². The van der Waals surface area contributed by atoms with Crippen LogP contribution in [0.5, 0.6) is 0 Å². The lowest BCUT2D eigenvalue weighted by Crippen LogP contribution is -1.94. The topological polar surface area (TPSA) is 37.3 Å². The highest BCUT2D eigenvalue weighted by atomic mass is 35.5. The summed E-state index contributed by atoms with van der Waals surface area (Å²) in [7, 11) is 0. The Kier molecular flexibility index (Phi) is 3.49. The minimum absolute atomic E-state index is 0.163. The Labute approximate surface area is 89.6 Å². The molecule has 1 rings (SSSR count). The van der Waals surface area contributed by atoms with Crippen LogP contribution in [0.4, 0.5) is 4.39 Å². The van der Waals surface area contributed by atoms with E-state index in [0.717, 1.165) is 6.08 Å². The predicted octanol–water partition coefficient (Wildman–Crippen LogP) is 3.39. The molecule has 0 saturated heterocycles. The lowest BCUT2D eigenvalue weighted by atomic mass is 10.2. The largest absolute Gasteiger partial charge is 0.476 e. The molecule has 2 nitrogen and oxygen atoms in total. The highest BCUT2D eigenvalue weighted by molar-refractivity contribution is 6.37. The molecule has 5 heteroatoms. The lowest BCUT2D eigenvalue weighted by molar-refractivity contribution is -0.134. The van der Waals surface area contributed by atoms with Crippen molar-refractivity contribution in [2.45, 2.75) is 0 Å². The van der Waals surface area contributed by atoms with Gasteiger partial charge in [0.05, 0.1) is 0 Å². The third-order valence-corrected chi connectivity index (χ3v) is 2.13. The maximum absolute atomic E-state index is 12.7. The first-order chi connectivity index (χ1) is 6.52. The van der Waals surface area contributed by atoms with Crippen molar-refractivity contribution in [2.24, 2.45) is 0 Å². The summed E-state index contributed by atoms with van der Waals surface area (Å²) >= 11 is 11.4. The number of hydrogen-bond acceptors (Lipinski definition) is 1. The van der Waals surface area contributed by atoms with E-state index in [1.165, 1.54) is 12.1 Å². The summed E-state index contributed by atoms with van der Waals surface area (Å²) in [6.07, 6.45) is 0.785. The first-order valence-electron chi connectivity index (χ1n) is 3.57. The summed E-state index contributed by atoms with van der Waals surface area (Å²) < 4.78 is 12.7. The van der Waals surface area contributed by atoms with Crippen LogP contribution >= 0.6 is 23.2 Å². The van der Waals surface area contributed by atoms with Crippen molar-refractivity contribution in [3.8, 4) is 0 Å². The summed E-state index contributed by atoms with van der Waals surface area (Å²) in [5.74, 6) is -2.96. The van der Waals surface area contributed by atoms with E-state index in [-0.39, 0.29) is 15.6 Å². The third kappa shape index (κ3) is 2.47. The molecule has 0 saturated carbocycles. The fraction of sp³-hybridized carbons (Fsp3) is 0. The van der Waals surface area contributed by atoms with Gasteiger partial charge in [-0.25, -0.2) is 4.79 Å². The molecular formula is C9H5Cl2FO2. The first kappa shape index (κ1) is 11.0. The predicted molar refractivity (Wildman–Crippen MR) is 53.2 cm³/mol. The fourth-order valence-electron chi connectivity index (χ4n) is 0.837. The van der Waals surface area contributed by atoms with Crippen molar-refractivity contribution >= 4 is 35.2 Å². The van der Waals surface area contributed by atoms with Gasteiger partial charge in [0, 0.05) is 15.6 Å². The monoisotopic (exact) mass is 234 g/mol. The SMILES string of the molecule is O=C(O)C(F)=Cc1c(Cl)cccc1Cl. The van der Waals surface area contributed by atoms with Gasteiger partial charge in [-0.05, 0) is 18.2 Å². The van der Waals surface area contributed by atoms with Crippen molar-refractivity contribution in [1.82, 2.24) is 0 Å². The van der Waals surface area contributed by atoms with Crippen LogP contribution in [0.1, 0.15) is 5.56 Å². The van der Waals surface area contributed by atoms with Crippen molar-refractivity contribution < 1.29 is 14.3 Å². The number of aliphatic carboxylic acids is 1. The molecule has 0 unspecified atom stereocenters. The number of rotatable bonds is 2. The van der Waals surface area contributed by atoms with E-state index in [4.69, 9.17) is 28.3 Å². The average molecular weight is 235 g/mol. The molecule has 1 aromatic rings. The van der Waals surface area contributed by atoms with Gasteiger partial charge in [0.1, 0.15) is 0 Å². The van der Waals surface area contributed by atoms with Gasteiger partial charge >= 0.3 is 5.97 Å². The minimum atomic E-state index is -1.65. The van der Waals surface area contributed by atoms with Gasteiger partial charge in [-0.2, -0.15) is 4.39 Å². The average Bonchev–Trinajstić information content (AvgIpc) is 2.11. The van der Waals surface area contributed by atoms with Gasteiger partial charge < -0.3 is 5.11 Å². The Bertz CT molecular complexity index is 382. The number of carboxylic acid groups (broad SMARTS) is 1. The quantitative estimate of drug-likeness (QED) is 0.797. The molecule has 0 aliphatic carbocycles. The second-order valence-corrected chi connectivity index (χ2v) is 3.25. The first-order valence-corrected chi connectivity index (χ1v) is 4.32. The lowest BCUT2D eigenvalue weighted by Gasteiger charge is -2.00. The molecule has 0 radical (unpaired) electrons. The fourth-order valence-corrected chi connectivity index (χ4v) is 1.34. The molecule has 0 heterocycles. The molecule has 74 valence electrons. The van der Waals surface area contributed by atoms with Crippen LogP contribution in [-0.4, -0.2) is 11.1 Å². The Morgan fingerprint density at radius 2 is 1.86 bits per heavy atom. The van der Waals surface area contributed by atoms with E-state index in [0.29, 0.717) is 0 Å². The third-order valence-electron chi connectivity index (χ3n) is 1.48. The molecule has 0 aromatic heterocycles. The zero-order valence-corrected chi connectivity index (χ0v) is 8.31. The van der Waals surface area contributed by atoms with Crippen molar-refractivity contribution in [1.29, 1.82) is 0 Å². The molecule has 0 atom stereocenters. The van der Waals surface area contributed by atoms with E-state index in [1.54, 1.807) is 6.07 Å². The smallest absolute Gasteiger partial charge is 0.364 e. The van der Waals surface area contributed by atoms with Crippen molar-refractivity contribution in [3.63, 3.8) is 0 Å². The van der Waals surface area contributed by atoms with E-state index < -0.39 is 11.8 Å². The number of benzene rings is 1. The van der Waals surface area contributed by atoms with Gasteiger partial charge in [0.2, 0.25) is 5.83 Å².